The highest BCUT2D eigenvalue weighted by Gasteiger charge is 2.27. The van der Waals surface area contributed by atoms with Gasteiger partial charge in [-0.15, -0.1) is 0 Å². The Bertz CT molecular complexity index is 685. The molecule has 0 radical (unpaired) electrons. The summed E-state index contributed by atoms with van der Waals surface area (Å²) >= 11 is 5.96. The Labute approximate surface area is 134 Å². The van der Waals surface area contributed by atoms with Crippen molar-refractivity contribution in [2.45, 2.75) is 30.8 Å². The molecule has 0 heterocycles. The van der Waals surface area contributed by atoms with E-state index < -0.39 is 16.0 Å². The third-order valence-electron chi connectivity index (χ3n) is 3.52. The fourth-order valence-corrected chi connectivity index (χ4v) is 3.61. The maximum Gasteiger partial charge on any atom is 0.335 e. The molecule has 1 aromatic rings. The van der Waals surface area contributed by atoms with E-state index >= 15 is 0 Å². The van der Waals surface area contributed by atoms with E-state index in [4.69, 9.17) is 21.4 Å². The standard InChI is InChI=1S/C14H18ClNO5S/c1-9-12(15)7-10(14(17)18)8-13(9)22(19,20)16(2)5-6-21-11-3-4-11/h7-8,11H,3-6H2,1-2H3,(H,17,18). The first-order chi connectivity index (χ1) is 10.2. The van der Waals surface area contributed by atoms with Crippen LogP contribution < -0.4 is 0 Å². The summed E-state index contributed by atoms with van der Waals surface area (Å²) in [6.45, 7) is 2.06. The molecule has 0 unspecified atom stereocenters. The summed E-state index contributed by atoms with van der Waals surface area (Å²) in [4.78, 5) is 11.0. The Kier molecular flexibility index (Phi) is 5.11. The van der Waals surface area contributed by atoms with Gasteiger partial charge in [0, 0.05) is 18.6 Å². The van der Waals surface area contributed by atoms with Crippen molar-refractivity contribution in [1.82, 2.24) is 4.31 Å². The van der Waals surface area contributed by atoms with E-state index in [1.165, 1.54) is 13.1 Å². The summed E-state index contributed by atoms with van der Waals surface area (Å²) in [6.07, 6.45) is 2.29. The Morgan fingerprint density at radius 2 is 2.09 bits per heavy atom. The molecule has 1 fully saturated rings. The summed E-state index contributed by atoms with van der Waals surface area (Å²) in [6, 6.07) is 2.38. The number of aromatic carboxylic acids is 1. The van der Waals surface area contributed by atoms with Gasteiger partial charge in [-0.3, -0.25) is 0 Å². The fourth-order valence-electron chi connectivity index (χ4n) is 1.92. The quantitative estimate of drug-likeness (QED) is 0.817. The van der Waals surface area contributed by atoms with Crippen molar-refractivity contribution in [3.05, 3.63) is 28.3 Å². The zero-order valence-corrected chi connectivity index (χ0v) is 13.9. The van der Waals surface area contributed by atoms with Crippen LogP contribution in [-0.2, 0) is 14.8 Å². The van der Waals surface area contributed by atoms with E-state index in [1.54, 1.807) is 6.92 Å². The van der Waals surface area contributed by atoms with E-state index in [0.717, 1.165) is 23.2 Å². The van der Waals surface area contributed by atoms with Gasteiger partial charge in [0.05, 0.1) is 23.2 Å². The smallest absolute Gasteiger partial charge is 0.335 e. The molecule has 0 bridgehead atoms. The van der Waals surface area contributed by atoms with E-state index in [0.29, 0.717) is 12.2 Å². The topological polar surface area (TPSA) is 83.9 Å². The van der Waals surface area contributed by atoms with Crippen molar-refractivity contribution in [2.75, 3.05) is 20.2 Å². The highest BCUT2D eigenvalue weighted by Crippen LogP contribution is 2.28. The zero-order chi connectivity index (χ0) is 16.5. The number of benzene rings is 1. The van der Waals surface area contributed by atoms with Gasteiger partial charge in [0.1, 0.15) is 0 Å². The van der Waals surface area contributed by atoms with E-state index in [9.17, 15) is 13.2 Å². The monoisotopic (exact) mass is 347 g/mol. The minimum atomic E-state index is -3.82. The van der Waals surface area contributed by atoms with Gasteiger partial charge < -0.3 is 9.84 Å². The Hall–Kier alpha value is -1.15. The number of halogens is 1. The van der Waals surface area contributed by atoms with E-state index in [1.807, 2.05) is 0 Å². The van der Waals surface area contributed by atoms with Crippen LogP contribution in [-0.4, -0.2) is 50.1 Å². The maximum atomic E-state index is 12.6. The van der Waals surface area contributed by atoms with E-state index in [-0.39, 0.29) is 28.1 Å². The second-order valence-electron chi connectivity index (χ2n) is 5.28. The maximum absolute atomic E-state index is 12.6. The Balaban J connectivity index is 2.24. The SMILES string of the molecule is Cc1c(Cl)cc(C(=O)O)cc1S(=O)(=O)N(C)CCOC1CC1. The predicted octanol–water partition coefficient (Wildman–Crippen LogP) is 2.15. The van der Waals surface area contributed by atoms with Gasteiger partial charge >= 0.3 is 5.97 Å². The minimum absolute atomic E-state index is 0.0914. The van der Waals surface area contributed by atoms with Gasteiger partial charge in [0.15, 0.2) is 0 Å². The second kappa shape index (κ2) is 6.54. The zero-order valence-electron chi connectivity index (χ0n) is 12.4. The molecule has 0 aliphatic heterocycles. The van der Waals surface area contributed by atoms with Crippen molar-refractivity contribution in [2.24, 2.45) is 0 Å². The van der Waals surface area contributed by atoms with Crippen LogP contribution in [0.4, 0.5) is 0 Å². The molecule has 1 aliphatic carbocycles. The third-order valence-corrected chi connectivity index (χ3v) is 5.89. The van der Waals surface area contributed by atoms with Crippen molar-refractivity contribution in [1.29, 1.82) is 0 Å². The molecule has 1 aliphatic rings. The number of carboxylic acid groups (broad SMARTS) is 1. The average molecular weight is 348 g/mol. The molecular formula is C14H18ClNO5S. The van der Waals surface area contributed by atoms with Crippen LogP contribution in [0.5, 0.6) is 0 Å². The first-order valence-corrected chi connectivity index (χ1v) is 8.66. The van der Waals surface area contributed by atoms with Crippen LogP contribution in [0.2, 0.25) is 5.02 Å². The Morgan fingerprint density at radius 1 is 1.45 bits per heavy atom. The van der Waals surface area contributed by atoms with Crippen LogP contribution in [0.1, 0.15) is 28.8 Å². The number of sulfonamides is 1. The lowest BCUT2D eigenvalue weighted by molar-refractivity contribution is 0.0696. The molecule has 0 atom stereocenters. The number of hydrogen-bond donors (Lipinski definition) is 1. The number of carboxylic acids is 1. The first-order valence-electron chi connectivity index (χ1n) is 6.85. The molecule has 1 saturated carbocycles. The molecule has 22 heavy (non-hydrogen) atoms. The Morgan fingerprint density at radius 3 is 2.64 bits per heavy atom. The van der Waals surface area contributed by atoms with Crippen LogP contribution in [0.25, 0.3) is 0 Å². The lowest BCUT2D eigenvalue weighted by atomic mass is 10.1. The fraction of sp³-hybridized carbons (Fsp3) is 0.500. The molecule has 0 aromatic heterocycles. The van der Waals surface area contributed by atoms with Gasteiger partial charge in [-0.25, -0.2) is 13.2 Å². The average Bonchev–Trinajstić information content (AvgIpc) is 3.25. The predicted molar refractivity (Wildman–Crippen MR) is 81.9 cm³/mol. The van der Waals surface area contributed by atoms with Crippen LogP contribution in [0.3, 0.4) is 0 Å². The molecule has 8 heteroatoms. The van der Waals surface area contributed by atoms with Crippen LogP contribution >= 0.6 is 11.6 Å². The van der Waals surface area contributed by atoms with Crippen molar-refractivity contribution < 1.29 is 23.1 Å². The summed E-state index contributed by atoms with van der Waals surface area (Å²) in [5.41, 5.74) is 0.179. The number of hydrogen-bond acceptors (Lipinski definition) is 4. The summed E-state index contributed by atoms with van der Waals surface area (Å²) < 4.78 is 31.8. The molecule has 0 saturated heterocycles. The molecule has 0 spiro atoms. The number of likely N-dealkylation sites (N-methyl/N-ethyl adjacent to an activating group) is 1. The van der Waals surface area contributed by atoms with Gasteiger partial charge in [0.2, 0.25) is 10.0 Å². The molecule has 2 rings (SSSR count). The van der Waals surface area contributed by atoms with Gasteiger partial charge in [-0.05, 0) is 37.5 Å². The second-order valence-corrected chi connectivity index (χ2v) is 7.70. The lowest BCUT2D eigenvalue weighted by Gasteiger charge is -2.19. The lowest BCUT2D eigenvalue weighted by Crippen LogP contribution is -2.31. The molecule has 6 nitrogen and oxygen atoms in total. The molecule has 1 N–H and O–H groups in total. The largest absolute Gasteiger partial charge is 0.478 e. The van der Waals surface area contributed by atoms with Crippen LogP contribution in [0, 0.1) is 6.92 Å². The normalized spacial score (nSPS) is 15.3. The molecular weight excluding hydrogens is 330 g/mol. The van der Waals surface area contributed by atoms with Crippen molar-refractivity contribution in [3.8, 4) is 0 Å². The number of ether oxygens (including phenoxy) is 1. The van der Waals surface area contributed by atoms with Crippen molar-refractivity contribution in [3.63, 3.8) is 0 Å². The summed E-state index contributed by atoms with van der Waals surface area (Å²) in [7, 11) is -2.38. The van der Waals surface area contributed by atoms with Gasteiger partial charge in [-0.1, -0.05) is 11.6 Å². The number of nitrogens with zero attached hydrogens (tertiary/aromatic N) is 1. The van der Waals surface area contributed by atoms with Crippen molar-refractivity contribution >= 4 is 27.6 Å². The minimum Gasteiger partial charge on any atom is -0.478 e. The molecule has 1 aromatic carbocycles. The third kappa shape index (κ3) is 3.78. The molecule has 122 valence electrons. The van der Waals surface area contributed by atoms with Gasteiger partial charge in [-0.2, -0.15) is 4.31 Å². The highest BCUT2D eigenvalue weighted by molar-refractivity contribution is 7.89. The number of carbonyl (C=O) groups is 1. The van der Waals surface area contributed by atoms with E-state index in [2.05, 4.69) is 0 Å². The van der Waals surface area contributed by atoms with Gasteiger partial charge in [0.25, 0.3) is 0 Å². The summed E-state index contributed by atoms with van der Waals surface area (Å²) in [5.74, 6) is -1.22. The summed E-state index contributed by atoms with van der Waals surface area (Å²) in [5, 5.41) is 9.16. The number of rotatable bonds is 7. The molecule has 0 amide bonds. The van der Waals surface area contributed by atoms with Crippen LogP contribution in [0.15, 0.2) is 17.0 Å². The first kappa shape index (κ1) is 17.2. The highest BCUT2D eigenvalue weighted by atomic mass is 35.5.